The van der Waals surface area contributed by atoms with Crippen molar-refractivity contribution in [3.8, 4) is 0 Å². The average molecular weight is 254 g/mol. The summed E-state index contributed by atoms with van der Waals surface area (Å²) >= 11 is 0. The van der Waals surface area contributed by atoms with Crippen molar-refractivity contribution in [2.45, 2.75) is 11.3 Å². The van der Waals surface area contributed by atoms with Crippen LogP contribution in [0.2, 0.25) is 0 Å². The first-order valence-corrected chi connectivity index (χ1v) is 5.89. The number of aromatic amines is 1. The van der Waals surface area contributed by atoms with Crippen molar-refractivity contribution in [1.29, 1.82) is 0 Å². The number of alkyl halides is 2. The average Bonchev–Trinajstić information content (AvgIpc) is 2.69. The Balaban J connectivity index is 2.93. The first kappa shape index (κ1) is 13.0. The lowest BCUT2D eigenvalue weighted by Crippen LogP contribution is -2.38. The van der Waals surface area contributed by atoms with Crippen LogP contribution in [0.15, 0.2) is 17.3 Å². The standard InChI is InChI=1S/C7H12F2N4O2S/c8-7(9)5-13(2-1-10)16(14,15)6-3-11-12-4-6/h3-4,7H,1-2,5,10H2,(H,11,12). The summed E-state index contributed by atoms with van der Waals surface area (Å²) in [4.78, 5) is -0.151. The van der Waals surface area contributed by atoms with Gasteiger partial charge in [-0.25, -0.2) is 17.2 Å². The van der Waals surface area contributed by atoms with Gasteiger partial charge in [0, 0.05) is 19.3 Å². The van der Waals surface area contributed by atoms with Gasteiger partial charge < -0.3 is 5.73 Å². The second kappa shape index (κ2) is 5.32. The van der Waals surface area contributed by atoms with Gasteiger partial charge in [0.05, 0.1) is 12.7 Å². The van der Waals surface area contributed by atoms with Gasteiger partial charge in [0.15, 0.2) is 0 Å². The molecule has 0 aliphatic rings. The van der Waals surface area contributed by atoms with Gasteiger partial charge >= 0.3 is 0 Å². The van der Waals surface area contributed by atoms with E-state index in [0.29, 0.717) is 4.31 Å². The maximum Gasteiger partial charge on any atom is 0.252 e. The molecule has 1 aromatic heterocycles. The van der Waals surface area contributed by atoms with E-state index in [1.807, 2.05) is 0 Å². The number of nitrogens with zero attached hydrogens (tertiary/aromatic N) is 2. The predicted octanol–water partition coefficient (Wildman–Crippen LogP) is -0.376. The number of aromatic nitrogens is 2. The molecule has 9 heteroatoms. The summed E-state index contributed by atoms with van der Waals surface area (Å²) in [5.41, 5.74) is 5.18. The molecule has 3 N–H and O–H groups in total. The molecule has 92 valence electrons. The van der Waals surface area contributed by atoms with E-state index in [0.717, 1.165) is 12.4 Å². The van der Waals surface area contributed by atoms with Crippen LogP contribution >= 0.6 is 0 Å². The van der Waals surface area contributed by atoms with Gasteiger partial charge in [-0.2, -0.15) is 9.40 Å². The molecule has 0 spiro atoms. The van der Waals surface area contributed by atoms with Gasteiger partial charge in [0.1, 0.15) is 4.90 Å². The number of hydrogen-bond donors (Lipinski definition) is 2. The molecule has 0 saturated heterocycles. The maximum absolute atomic E-state index is 12.2. The molecule has 0 saturated carbocycles. The summed E-state index contributed by atoms with van der Waals surface area (Å²) in [5.74, 6) is 0. The van der Waals surface area contributed by atoms with Crippen molar-refractivity contribution in [1.82, 2.24) is 14.5 Å². The van der Waals surface area contributed by atoms with E-state index in [-0.39, 0.29) is 18.0 Å². The lowest BCUT2D eigenvalue weighted by atomic mass is 10.6. The lowest BCUT2D eigenvalue weighted by Gasteiger charge is -2.19. The number of H-pyrrole nitrogens is 1. The third kappa shape index (κ3) is 2.97. The minimum absolute atomic E-state index is 0.0240. The lowest BCUT2D eigenvalue weighted by molar-refractivity contribution is 0.120. The Kier molecular flexibility index (Phi) is 4.33. The molecule has 0 aliphatic heterocycles. The van der Waals surface area contributed by atoms with Crippen LogP contribution in [0.4, 0.5) is 8.78 Å². The van der Waals surface area contributed by atoms with E-state index in [2.05, 4.69) is 10.2 Å². The van der Waals surface area contributed by atoms with Gasteiger partial charge in [0.25, 0.3) is 6.43 Å². The Bertz CT molecular complexity index is 406. The van der Waals surface area contributed by atoms with Gasteiger partial charge in [0.2, 0.25) is 10.0 Å². The van der Waals surface area contributed by atoms with Crippen LogP contribution in [0.5, 0.6) is 0 Å². The monoisotopic (exact) mass is 254 g/mol. The summed E-state index contributed by atoms with van der Waals surface area (Å²) in [6.45, 7) is -1.05. The Labute approximate surface area is 91.5 Å². The Morgan fingerprint density at radius 2 is 2.25 bits per heavy atom. The van der Waals surface area contributed by atoms with E-state index in [1.54, 1.807) is 0 Å². The molecule has 6 nitrogen and oxygen atoms in total. The van der Waals surface area contributed by atoms with Crippen molar-refractivity contribution in [3.63, 3.8) is 0 Å². The fourth-order valence-electron chi connectivity index (χ4n) is 1.14. The van der Waals surface area contributed by atoms with Crippen molar-refractivity contribution < 1.29 is 17.2 Å². The quantitative estimate of drug-likeness (QED) is 0.724. The van der Waals surface area contributed by atoms with Crippen LogP contribution in [0.3, 0.4) is 0 Å². The zero-order valence-electron chi connectivity index (χ0n) is 8.31. The molecule has 1 heterocycles. The van der Waals surface area contributed by atoms with Crippen molar-refractivity contribution in [2.24, 2.45) is 5.73 Å². The smallest absolute Gasteiger partial charge is 0.252 e. The van der Waals surface area contributed by atoms with E-state index in [1.165, 1.54) is 0 Å². The van der Waals surface area contributed by atoms with Crippen molar-refractivity contribution in [3.05, 3.63) is 12.4 Å². The molecule has 0 unspecified atom stereocenters. The Morgan fingerprint density at radius 1 is 1.56 bits per heavy atom. The molecule has 0 aliphatic carbocycles. The van der Waals surface area contributed by atoms with Crippen molar-refractivity contribution in [2.75, 3.05) is 19.6 Å². The Morgan fingerprint density at radius 3 is 2.69 bits per heavy atom. The molecule has 0 fully saturated rings. The van der Waals surface area contributed by atoms with Gasteiger partial charge in [-0.15, -0.1) is 0 Å². The highest BCUT2D eigenvalue weighted by atomic mass is 32.2. The third-order valence-corrected chi connectivity index (χ3v) is 3.66. The predicted molar refractivity (Wildman–Crippen MR) is 52.4 cm³/mol. The highest BCUT2D eigenvalue weighted by molar-refractivity contribution is 7.89. The number of nitrogens with one attached hydrogen (secondary N) is 1. The fourth-order valence-corrected chi connectivity index (χ4v) is 2.48. The van der Waals surface area contributed by atoms with Crippen LogP contribution in [0.25, 0.3) is 0 Å². The molecule has 0 atom stereocenters. The van der Waals surface area contributed by atoms with Crippen LogP contribution in [-0.2, 0) is 10.0 Å². The molecule has 1 rings (SSSR count). The van der Waals surface area contributed by atoms with E-state index >= 15 is 0 Å². The summed E-state index contributed by atoms with van der Waals surface area (Å²) in [7, 11) is -3.94. The van der Waals surface area contributed by atoms with Gasteiger partial charge in [-0.3, -0.25) is 5.10 Å². The van der Waals surface area contributed by atoms with Gasteiger partial charge in [-0.05, 0) is 0 Å². The summed E-state index contributed by atoms with van der Waals surface area (Å²) in [6, 6.07) is 0. The number of nitrogens with two attached hydrogens (primary N) is 1. The first-order valence-electron chi connectivity index (χ1n) is 4.45. The number of hydrogen-bond acceptors (Lipinski definition) is 4. The van der Waals surface area contributed by atoms with E-state index < -0.39 is 23.0 Å². The zero-order chi connectivity index (χ0) is 12.2. The molecule has 0 amide bonds. The van der Waals surface area contributed by atoms with E-state index in [9.17, 15) is 17.2 Å². The second-order valence-electron chi connectivity index (χ2n) is 2.98. The molecule has 1 aromatic rings. The zero-order valence-corrected chi connectivity index (χ0v) is 9.12. The van der Waals surface area contributed by atoms with Crippen LogP contribution < -0.4 is 5.73 Å². The molecule has 0 radical (unpaired) electrons. The van der Waals surface area contributed by atoms with Crippen molar-refractivity contribution >= 4 is 10.0 Å². The second-order valence-corrected chi connectivity index (χ2v) is 4.91. The van der Waals surface area contributed by atoms with Gasteiger partial charge in [-0.1, -0.05) is 0 Å². The normalized spacial score (nSPS) is 12.6. The minimum Gasteiger partial charge on any atom is -0.329 e. The third-order valence-electron chi connectivity index (χ3n) is 1.83. The fraction of sp³-hybridized carbons (Fsp3) is 0.571. The largest absolute Gasteiger partial charge is 0.329 e. The SMILES string of the molecule is NCCN(CC(F)F)S(=O)(=O)c1cn[nH]c1. The van der Waals surface area contributed by atoms with E-state index in [4.69, 9.17) is 5.73 Å². The summed E-state index contributed by atoms with van der Waals surface area (Å²) in [5, 5.41) is 5.77. The molecule has 16 heavy (non-hydrogen) atoms. The topological polar surface area (TPSA) is 92.1 Å². The molecule has 0 aromatic carbocycles. The Hall–Kier alpha value is -1.06. The molecule has 0 bridgehead atoms. The summed E-state index contributed by atoms with van der Waals surface area (Å²) < 4.78 is 48.7. The maximum atomic E-state index is 12.2. The highest BCUT2D eigenvalue weighted by Crippen LogP contribution is 2.14. The first-order chi connectivity index (χ1) is 7.48. The molecular formula is C7H12F2N4O2S. The van der Waals surface area contributed by atoms with Crippen LogP contribution in [0.1, 0.15) is 0 Å². The highest BCUT2D eigenvalue weighted by Gasteiger charge is 2.27. The van der Waals surface area contributed by atoms with Crippen LogP contribution in [-0.4, -0.2) is 49.0 Å². The molecular weight excluding hydrogens is 242 g/mol. The summed E-state index contributed by atoms with van der Waals surface area (Å²) in [6.07, 6.45) is -0.553. The number of halogens is 2. The van der Waals surface area contributed by atoms with Crippen LogP contribution in [0, 0.1) is 0 Å². The minimum atomic E-state index is -3.94. The number of sulfonamides is 1. The number of rotatable bonds is 6.